The molecule has 0 spiro atoms. The van der Waals surface area contributed by atoms with Gasteiger partial charge in [0.1, 0.15) is 0 Å². The average Bonchev–Trinajstić information content (AvgIpc) is 2.67. The van der Waals surface area contributed by atoms with Crippen molar-refractivity contribution in [2.45, 2.75) is 26.8 Å². The van der Waals surface area contributed by atoms with Crippen LogP contribution in [0.2, 0.25) is 0 Å². The zero-order valence-corrected chi connectivity index (χ0v) is 11.5. The van der Waals surface area contributed by atoms with Gasteiger partial charge in [-0.1, -0.05) is 31.8 Å². The summed E-state index contributed by atoms with van der Waals surface area (Å²) < 4.78 is 0. The third-order valence-electron chi connectivity index (χ3n) is 2.80. The van der Waals surface area contributed by atoms with E-state index in [-0.39, 0.29) is 11.8 Å². The van der Waals surface area contributed by atoms with Crippen LogP contribution in [-0.2, 0) is 17.8 Å². The molecule has 1 aliphatic heterocycles. The lowest BCUT2D eigenvalue weighted by Crippen LogP contribution is -2.37. The van der Waals surface area contributed by atoms with Gasteiger partial charge in [0.15, 0.2) is 5.13 Å². The lowest BCUT2D eigenvalue weighted by Gasteiger charge is -2.27. The van der Waals surface area contributed by atoms with Crippen LogP contribution in [0.4, 0.5) is 5.13 Å². The molecule has 6 heteroatoms. The molecule has 0 radical (unpaired) electrons. The summed E-state index contributed by atoms with van der Waals surface area (Å²) in [5.41, 5.74) is 6.56. The predicted molar refractivity (Wildman–Crippen MR) is 73.0 cm³/mol. The van der Waals surface area contributed by atoms with Crippen molar-refractivity contribution in [2.24, 2.45) is 11.7 Å². The number of nitrogens with zero attached hydrogens (tertiary/aromatic N) is 2. The van der Waals surface area contributed by atoms with Crippen molar-refractivity contribution in [1.29, 1.82) is 0 Å². The first-order valence-electron chi connectivity index (χ1n) is 5.96. The fourth-order valence-corrected chi connectivity index (χ4v) is 3.00. The summed E-state index contributed by atoms with van der Waals surface area (Å²) in [5.74, 6) is 0.629. The number of rotatable bonds is 3. The SMILES string of the molecule is C=C(N)Nc1nc2c(s1)CN(C(=O)C(C)C)CC2. The minimum absolute atomic E-state index is 0.0425. The molecule has 0 aromatic carbocycles. The van der Waals surface area contributed by atoms with E-state index in [9.17, 15) is 4.79 Å². The van der Waals surface area contributed by atoms with Gasteiger partial charge in [-0.15, -0.1) is 0 Å². The second-order valence-corrected chi connectivity index (χ2v) is 5.79. The Morgan fingerprint density at radius 1 is 1.61 bits per heavy atom. The molecule has 2 rings (SSSR count). The first-order chi connectivity index (χ1) is 8.47. The molecular weight excluding hydrogens is 248 g/mol. The molecule has 0 saturated carbocycles. The number of thiazole rings is 1. The molecule has 0 fully saturated rings. The molecule has 1 aromatic rings. The second-order valence-electron chi connectivity index (χ2n) is 4.70. The van der Waals surface area contributed by atoms with E-state index in [0.717, 1.165) is 28.7 Å². The van der Waals surface area contributed by atoms with E-state index in [2.05, 4.69) is 16.9 Å². The molecular formula is C12H18N4OS. The molecule has 0 bridgehead atoms. The number of hydrogen-bond donors (Lipinski definition) is 2. The monoisotopic (exact) mass is 266 g/mol. The summed E-state index contributed by atoms with van der Waals surface area (Å²) in [4.78, 5) is 19.4. The molecule has 0 unspecified atom stereocenters. The number of anilines is 1. The van der Waals surface area contributed by atoms with Gasteiger partial charge in [0, 0.05) is 23.8 Å². The van der Waals surface area contributed by atoms with Crippen LogP contribution in [0.25, 0.3) is 0 Å². The van der Waals surface area contributed by atoms with Gasteiger partial charge in [0.25, 0.3) is 0 Å². The maximum atomic E-state index is 12.0. The van der Waals surface area contributed by atoms with Crippen LogP contribution in [0.3, 0.4) is 0 Å². The summed E-state index contributed by atoms with van der Waals surface area (Å²) >= 11 is 1.54. The van der Waals surface area contributed by atoms with Gasteiger partial charge in [-0.3, -0.25) is 4.79 Å². The topological polar surface area (TPSA) is 71.2 Å². The van der Waals surface area contributed by atoms with Crippen molar-refractivity contribution in [2.75, 3.05) is 11.9 Å². The third kappa shape index (κ3) is 2.64. The highest BCUT2D eigenvalue weighted by Crippen LogP contribution is 2.29. The molecule has 98 valence electrons. The van der Waals surface area contributed by atoms with Gasteiger partial charge in [-0.2, -0.15) is 0 Å². The third-order valence-corrected chi connectivity index (χ3v) is 3.80. The van der Waals surface area contributed by atoms with Crippen LogP contribution in [0.15, 0.2) is 12.4 Å². The molecule has 3 N–H and O–H groups in total. The number of nitrogens with two attached hydrogens (primary N) is 1. The van der Waals surface area contributed by atoms with Gasteiger partial charge < -0.3 is 16.0 Å². The molecule has 0 aliphatic carbocycles. The number of hydrogen-bond acceptors (Lipinski definition) is 5. The normalized spacial score (nSPS) is 14.5. The van der Waals surface area contributed by atoms with E-state index < -0.39 is 0 Å². The van der Waals surface area contributed by atoms with Crippen molar-refractivity contribution in [3.8, 4) is 0 Å². The van der Waals surface area contributed by atoms with Crippen molar-refractivity contribution in [3.63, 3.8) is 0 Å². The zero-order chi connectivity index (χ0) is 13.3. The van der Waals surface area contributed by atoms with Crippen molar-refractivity contribution in [1.82, 2.24) is 9.88 Å². The standard InChI is InChI=1S/C12H18N4OS/c1-7(2)11(17)16-5-4-9-10(6-16)18-12(15-9)14-8(3)13/h7H,3-6,13H2,1-2H3,(H,14,15). The maximum absolute atomic E-state index is 12.0. The van der Waals surface area contributed by atoms with Crippen molar-refractivity contribution in [3.05, 3.63) is 23.0 Å². The molecule has 2 heterocycles. The number of carbonyl (C=O) groups excluding carboxylic acids is 1. The second kappa shape index (κ2) is 4.97. The Morgan fingerprint density at radius 2 is 2.33 bits per heavy atom. The van der Waals surface area contributed by atoms with Crippen molar-refractivity contribution < 1.29 is 4.79 Å². The summed E-state index contributed by atoms with van der Waals surface area (Å²) in [7, 11) is 0. The van der Waals surface area contributed by atoms with E-state index in [1.165, 1.54) is 11.3 Å². The van der Waals surface area contributed by atoms with Crippen LogP contribution in [0.5, 0.6) is 0 Å². The van der Waals surface area contributed by atoms with Crippen LogP contribution in [0, 0.1) is 5.92 Å². The van der Waals surface area contributed by atoms with Gasteiger partial charge in [0.05, 0.1) is 18.1 Å². The Balaban J connectivity index is 2.12. The largest absolute Gasteiger partial charge is 0.386 e. The minimum atomic E-state index is 0.0425. The van der Waals surface area contributed by atoms with E-state index in [1.54, 1.807) is 0 Å². The molecule has 1 aromatic heterocycles. The Morgan fingerprint density at radius 3 is 2.94 bits per heavy atom. The van der Waals surface area contributed by atoms with Gasteiger partial charge in [-0.05, 0) is 0 Å². The maximum Gasteiger partial charge on any atom is 0.225 e. The first kappa shape index (κ1) is 12.9. The summed E-state index contributed by atoms with van der Waals surface area (Å²) in [6, 6.07) is 0. The highest BCUT2D eigenvalue weighted by atomic mass is 32.1. The number of amides is 1. The van der Waals surface area contributed by atoms with E-state index in [1.807, 2.05) is 18.7 Å². The van der Waals surface area contributed by atoms with E-state index in [0.29, 0.717) is 12.4 Å². The average molecular weight is 266 g/mol. The Hall–Kier alpha value is -1.56. The Labute approximate surface area is 111 Å². The van der Waals surface area contributed by atoms with Gasteiger partial charge >= 0.3 is 0 Å². The first-order valence-corrected chi connectivity index (χ1v) is 6.77. The van der Waals surface area contributed by atoms with Gasteiger partial charge in [0.2, 0.25) is 5.91 Å². The van der Waals surface area contributed by atoms with E-state index >= 15 is 0 Å². The lowest BCUT2D eigenvalue weighted by molar-refractivity contribution is -0.135. The number of nitrogens with one attached hydrogen (secondary N) is 1. The van der Waals surface area contributed by atoms with Crippen LogP contribution in [-0.4, -0.2) is 22.3 Å². The van der Waals surface area contributed by atoms with Crippen LogP contribution < -0.4 is 11.1 Å². The summed E-state index contributed by atoms with van der Waals surface area (Å²) in [6.45, 7) is 8.85. The van der Waals surface area contributed by atoms with Crippen LogP contribution >= 0.6 is 11.3 Å². The molecule has 0 saturated heterocycles. The Bertz CT molecular complexity index is 480. The lowest BCUT2D eigenvalue weighted by atomic mass is 10.1. The van der Waals surface area contributed by atoms with E-state index in [4.69, 9.17) is 5.73 Å². The summed E-state index contributed by atoms with van der Waals surface area (Å²) in [5, 5.41) is 3.67. The number of carbonyl (C=O) groups is 1. The smallest absolute Gasteiger partial charge is 0.225 e. The highest BCUT2D eigenvalue weighted by molar-refractivity contribution is 7.15. The predicted octanol–water partition coefficient (Wildman–Crippen LogP) is 1.53. The molecule has 18 heavy (non-hydrogen) atoms. The number of fused-ring (bicyclic) bond motifs is 1. The van der Waals surface area contributed by atoms with Gasteiger partial charge in [-0.25, -0.2) is 4.98 Å². The summed E-state index contributed by atoms with van der Waals surface area (Å²) in [6.07, 6.45) is 0.809. The molecule has 1 amide bonds. The molecule has 1 aliphatic rings. The quantitative estimate of drug-likeness (QED) is 0.870. The van der Waals surface area contributed by atoms with Crippen molar-refractivity contribution >= 4 is 22.4 Å². The fourth-order valence-electron chi connectivity index (χ4n) is 1.94. The zero-order valence-electron chi connectivity index (χ0n) is 10.7. The minimum Gasteiger partial charge on any atom is -0.386 e. The fraction of sp³-hybridized carbons (Fsp3) is 0.500. The molecule has 0 atom stereocenters. The molecule has 5 nitrogen and oxygen atoms in total. The van der Waals surface area contributed by atoms with Crippen LogP contribution in [0.1, 0.15) is 24.4 Å². The Kier molecular flexibility index (Phi) is 3.56. The number of aromatic nitrogens is 1. The highest BCUT2D eigenvalue weighted by Gasteiger charge is 2.25.